The highest BCUT2D eigenvalue weighted by Gasteiger charge is 2.16. The lowest BCUT2D eigenvalue weighted by Gasteiger charge is -2.01. The lowest BCUT2D eigenvalue weighted by atomic mass is 10.0. The van der Waals surface area contributed by atoms with Crippen LogP contribution in [0.25, 0.3) is 16.9 Å². The molecule has 106 valence electrons. The summed E-state index contributed by atoms with van der Waals surface area (Å²) in [4.78, 5) is 15.2. The molecule has 1 aromatic carbocycles. The Balaban J connectivity index is 2.13. The van der Waals surface area contributed by atoms with E-state index < -0.39 is 5.97 Å². The first-order chi connectivity index (χ1) is 10.1. The highest BCUT2D eigenvalue weighted by Crippen LogP contribution is 2.27. The molecule has 1 N–H and O–H groups in total. The molecule has 0 unspecified atom stereocenters. The van der Waals surface area contributed by atoms with Crippen LogP contribution in [0.2, 0.25) is 5.02 Å². The maximum Gasteiger partial charge on any atom is 0.303 e. The van der Waals surface area contributed by atoms with Crippen LogP contribution < -0.4 is 0 Å². The summed E-state index contributed by atoms with van der Waals surface area (Å²) in [6, 6.07) is 9.10. The molecule has 0 aliphatic heterocycles. The summed E-state index contributed by atoms with van der Waals surface area (Å²) in [7, 11) is 0. The van der Waals surface area contributed by atoms with Crippen LogP contribution in [0.5, 0.6) is 0 Å². The molecule has 5 nitrogen and oxygen atoms in total. The van der Waals surface area contributed by atoms with Gasteiger partial charge in [0.25, 0.3) is 0 Å². The Labute approximate surface area is 125 Å². The second-order valence-electron chi connectivity index (χ2n) is 4.62. The smallest absolute Gasteiger partial charge is 0.303 e. The van der Waals surface area contributed by atoms with E-state index in [1.54, 1.807) is 35.1 Å². The Hall–Kier alpha value is -2.40. The molecule has 0 radical (unpaired) electrons. The van der Waals surface area contributed by atoms with Gasteiger partial charge in [0.15, 0.2) is 5.65 Å². The van der Waals surface area contributed by atoms with Gasteiger partial charge in [0.2, 0.25) is 0 Å². The van der Waals surface area contributed by atoms with E-state index in [0.29, 0.717) is 17.1 Å². The summed E-state index contributed by atoms with van der Waals surface area (Å²) in [5.74, 6) is -0.840. The second-order valence-corrected chi connectivity index (χ2v) is 5.05. The number of carbonyl (C=O) groups is 1. The number of nitrogens with zero attached hydrogens (tertiary/aromatic N) is 3. The van der Waals surface area contributed by atoms with Crippen molar-refractivity contribution in [1.29, 1.82) is 0 Å². The SMILES string of the molecule is O=C(O)CCc1c(-c2ccc(Cl)cc2)nn2cccnc12. The molecule has 0 atom stereocenters. The van der Waals surface area contributed by atoms with Gasteiger partial charge in [-0.2, -0.15) is 5.10 Å². The van der Waals surface area contributed by atoms with E-state index in [1.807, 2.05) is 12.1 Å². The number of benzene rings is 1. The van der Waals surface area contributed by atoms with Gasteiger partial charge >= 0.3 is 5.97 Å². The average molecular weight is 302 g/mol. The molecular formula is C15H12ClN3O2. The van der Waals surface area contributed by atoms with Gasteiger partial charge in [-0.25, -0.2) is 9.50 Å². The van der Waals surface area contributed by atoms with E-state index in [9.17, 15) is 4.79 Å². The number of hydrogen-bond donors (Lipinski definition) is 1. The van der Waals surface area contributed by atoms with Crippen LogP contribution in [-0.2, 0) is 11.2 Å². The van der Waals surface area contributed by atoms with E-state index >= 15 is 0 Å². The summed E-state index contributed by atoms with van der Waals surface area (Å²) in [5.41, 5.74) is 3.15. The first-order valence-electron chi connectivity index (χ1n) is 6.45. The van der Waals surface area contributed by atoms with Crippen molar-refractivity contribution in [3.63, 3.8) is 0 Å². The standard InChI is InChI=1S/C15H12ClN3O2/c16-11-4-2-10(3-5-11)14-12(6-7-13(20)21)15-17-8-1-9-19(15)18-14/h1-5,8-9H,6-7H2,(H,20,21). The van der Waals surface area contributed by atoms with Gasteiger partial charge in [-0.05, 0) is 24.6 Å². The molecule has 2 heterocycles. The lowest BCUT2D eigenvalue weighted by Crippen LogP contribution is -1.99. The monoisotopic (exact) mass is 301 g/mol. The van der Waals surface area contributed by atoms with Crippen LogP contribution in [-0.4, -0.2) is 25.7 Å². The number of aromatic nitrogens is 3. The number of hydrogen-bond acceptors (Lipinski definition) is 3. The van der Waals surface area contributed by atoms with Gasteiger partial charge in [0.1, 0.15) is 0 Å². The van der Waals surface area contributed by atoms with E-state index in [-0.39, 0.29) is 6.42 Å². The Bertz CT molecular complexity index is 796. The molecule has 0 fully saturated rings. The molecule has 21 heavy (non-hydrogen) atoms. The van der Waals surface area contributed by atoms with Crippen molar-refractivity contribution in [2.75, 3.05) is 0 Å². The molecule has 0 amide bonds. The summed E-state index contributed by atoms with van der Waals surface area (Å²) in [6.45, 7) is 0. The molecule has 6 heteroatoms. The molecule has 0 aliphatic rings. The fourth-order valence-corrected chi connectivity index (χ4v) is 2.36. The molecular weight excluding hydrogens is 290 g/mol. The largest absolute Gasteiger partial charge is 0.481 e. The van der Waals surface area contributed by atoms with E-state index in [4.69, 9.17) is 16.7 Å². The summed E-state index contributed by atoms with van der Waals surface area (Å²) in [6.07, 6.45) is 3.89. The van der Waals surface area contributed by atoms with E-state index in [0.717, 1.165) is 16.8 Å². The van der Waals surface area contributed by atoms with E-state index in [2.05, 4.69) is 10.1 Å². The summed E-state index contributed by atoms with van der Waals surface area (Å²) in [5, 5.41) is 14.1. The number of carboxylic acid groups (broad SMARTS) is 1. The van der Waals surface area contributed by atoms with Gasteiger partial charge in [-0.3, -0.25) is 4.79 Å². The average Bonchev–Trinajstić information content (AvgIpc) is 2.84. The summed E-state index contributed by atoms with van der Waals surface area (Å²) >= 11 is 5.90. The fourth-order valence-electron chi connectivity index (χ4n) is 2.24. The third-order valence-electron chi connectivity index (χ3n) is 3.20. The zero-order chi connectivity index (χ0) is 14.8. The number of rotatable bonds is 4. The minimum atomic E-state index is -0.840. The van der Waals surface area contributed by atoms with Crippen LogP contribution in [0.1, 0.15) is 12.0 Å². The zero-order valence-corrected chi connectivity index (χ0v) is 11.8. The third kappa shape index (κ3) is 2.73. The molecule has 3 aromatic rings. The molecule has 2 aromatic heterocycles. The number of fused-ring (bicyclic) bond motifs is 1. The molecule has 3 rings (SSSR count). The van der Waals surface area contributed by atoms with Crippen molar-refractivity contribution >= 4 is 23.2 Å². The Kier molecular flexibility index (Phi) is 3.58. The van der Waals surface area contributed by atoms with Crippen LogP contribution in [0, 0.1) is 0 Å². The number of aliphatic carboxylic acids is 1. The van der Waals surface area contributed by atoms with Crippen molar-refractivity contribution in [3.8, 4) is 11.3 Å². The Morgan fingerprint density at radius 3 is 2.76 bits per heavy atom. The molecule has 0 spiro atoms. The zero-order valence-electron chi connectivity index (χ0n) is 11.0. The quantitative estimate of drug-likeness (QED) is 0.804. The Morgan fingerprint density at radius 1 is 1.29 bits per heavy atom. The predicted octanol–water partition coefficient (Wildman–Crippen LogP) is 3.07. The molecule has 0 bridgehead atoms. The van der Waals surface area contributed by atoms with Gasteiger partial charge in [0.05, 0.1) is 5.69 Å². The minimum absolute atomic E-state index is 0.0402. The maximum atomic E-state index is 10.9. The van der Waals surface area contributed by atoms with Gasteiger partial charge < -0.3 is 5.11 Å². The number of carboxylic acids is 1. The number of aryl methyl sites for hydroxylation is 1. The highest BCUT2D eigenvalue weighted by atomic mass is 35.5. The van der Waals surface area contributed by atoms with Crippen LogP contribution in [0.3, 0.4) is 0 Å². The topological polar surface area (TPSA) is 67.5 Å². The predicted molar refractivity (Wildman–Crippen MR) is 79.4 cm³/mol. The van der Waals surface area contributed by atoms with Crippen molar-refractivity contribution in [2.24, 2.45) is 0 Å². The molecule has 0 aliphatic carbocycles. The molecule has 0 saturated carbocycles. The molecule has 0 saturated heterocycles. The van der Waals surface area contributed by atoms with Crippen LogP contribution >= 0.6 is 11.6 Å². The number of halogens is 1. The van der Waals surface area contributed by atoms with Gasteiger partial charge in [0, 0.05) is 35.0 Å². The normalized spacial score (nSPS) is 10.9. The highest BCUT2D eigenvalue weighted by molar-refractivity contribution is 6.30. The summed E-state index contributed by atoms with van der Waals surface area (Å²) < 4.78 is 1.67. The fraction of sp³-hybridized carbons (Fsp3) is 0.133. The van der Waals surface area contributed by atoms with Crippen LogP contribution in [0.15, 0.2) is 42.7 Å². The first kappa shape index (κ1) is 13.6. The van der Waals surface area contributed by atoms with Crippen molar-refractivity contribution in [2.45, 2.75) is 12.8 Å². The minimum Gasteiger partial charge on any atom is -0.481 e. The van der Waals surface area contributed by atoms with Crippen LogP contribution in [0.4, 0.5) is 0 Å². The lowest BCUT2D eigenvalue weighted by molar-refractivity contribution is -0.136. The van der Waals surface area contributed by atoms with Gasteiger partial charge in [-0.15, -0.1) is 0 Å². The first-order valence-corrected chi connectivity index (χ1v) is 6.83. The second kappa shape index (κ2) is 5.54. The van der Waals surface area contributed by atoms with Crippen molar-refractivity contribution in [1.82, 2.24) is 14.6 Å². The van der Waals surface area contributed by atoms with Crippen molar-refractivity contribution in [3.05, 3.63) is 53.3 Å². The maximum absolute atomic E-state index is 10.9. The Morgan fingerprint density at radius 2 is 2.05 bits per heavy atom. The third-order valence-corrected chi connectivity index (χ3v) is 3.45. The van der Waals surface area contributed by atoms with Gasteiger partial charge in [-0.1, -0.05) is 23.7 Å². The van der Waals surface area contributed by atoms with E-state index in [1.165, 1.54) is 0 Å². The van der Waals surface area contributed by atoms with Crippen molar-refractivity contribution < 1.29 is 9.90 Å².